The van der Waals surface area contributed by atoms with Crippen LogP contribution in [-0.2, 0) is 0 Å². The predicted molar refractivity (Wildman–Crippen MR) is 74.8 cm³/mol. The van der Waals surface area contributed by atoms with Gasteiger partial charge >= 0.3 is 0 Å². The molecule has 0 radical (unpaired) electrons. The molecule has 2 rings (SSSR count). The molecule has 0 saturated carbocycles. The molecule has 0 fully saturated rings. The molecule has 0 aliphatic carbocycles. The van der Waals surface area contributed by atoms with Gasteiger partial charge in [-0.05, 0) is 40.2 Å². The molecular weight excluding hydrogens is 316 g/mol. The maximum absolute atomic E-state index is 9.05. The Labute approximate surface area is 118 Å². The van der Waals surface area contributed by atoms with Crippen LogP contribution in [0.25, 0.3) is 0 Å². The summed E-state index contributed by atoms with van der Waals surface area (Å²) >= 11 is 9.26. The maximum Gasteiger partial charge on any atom is 0.146 e. The number of halogens is 2. The van der Waals surface area contributed by atoms with Crippen LogP contribution in [0.1, 0.15) is 5.56 Å². The summed E-state index contributed by atoms with van der Waals surface area (Å²) in [6, 6.07) is 12.3. The molecule has 0 heterocycles. The van der Waals surface area contributed by atoms with Crippen LogP contribution in [0.3, 0.4) is 0 Å². The number of hydrogen-bond donors (Lipinski definition) is 1. The fraction of sp³-hybridized carbons (Fsp3) is 0. The van der Waals surface area contributed by atoms with E-state index in [-0.39, 0.29) is 0 Å². The van der Waals surface area contributed by atoms with Gasteiger partial charge in [0.25, 0.3) is 0 Å². The molecule has 0 bridgehead atoms. The van der Waals surface area contributed by atoms with Crippen molar-refractivity contribution in [3.8, 4) is 17.6 Å². The highest BCUT2D eigenvalue weighted by molar-refractivity contribution is 9.10. The van der Waals surface area contributed by atoms with Crippen LogP contribution in [0.2, 0.25) is 5.02 Å². The van der Waals surface area contributed by atoms with E-state index in [1.165, 1.54) is 0 Å². The van der Waals surface area contributed by atoms with Crippen molar-refractivity contribution in [3.05, 3.63) is 51.5 Å². The minimum Gasteiger partial charge on any atom is -0.455 e. The van der Waals surface area contributed by atoms with Crippen molar-refractivity contribution >= 4 is 33.2 Å². The zero-order valence-corrected chi connectivity index (χ0v) is 11.5. The molecule has 90 valence electrons. The summed E-state index contributed by atoms with van der Waals surface area (Å²) < 4.78 is 6.31. The number of rotatable bonds is 2. The first kappa shape index (κ1) is 12.7. The van der Waals surface area contributed by atoms with Gasteiger partial charge in [-0.3, -0.25) is 0 Å². The Kier molecular flexibility index (Phi) is 3.75. The Morgan fingerprint density at radius 3 is 2.56 bits per heavy atom. The molecule has 0 amide bonds. The Morgan fingerprint density at radius 2 is 1.83 bits per heavy atom. The summed E-state index contributed by atoms with van der Waals surface area (Å²) in [6.07, 6.45) is 0. The number of ether oxygens (including phenoxy) is 1. The van der Waals surface area contributed by atoms with E-state index in [0.717, 1.165) is 0 Å². The first-order valence-corrected chi connectivity index (χ1v) is 6.21. The summed E-state index contributed by atoms with van der Waals surface area (Å²) in [4.78, 5) is 0. The smallest absolute Gasteiger partial charge is 0.146 e. The third-order valence-corrected chi connectivity index (χ3v) is 3.46. The lowest BCUT2D eigenvalue weighted by Crippen LogP contribution is -1.92. The second-order valence-corrected chi connectivity index (χ2v) is 4.69. The van der Waals surface area contributed by atoms with Crippen molar-refractivity contribution in [2.45, 2.75) is 0 Å². The van der Waals surface area contributed by atoms with Crippen LogP contribution in [0, 0.1) is 11.3 Å². The van der Waals surface area contributed by atoms with E-state index >= 15 is 0 Å². The molecule has 2 aromatic carbocycles. The van der Waals surface area contributed by atoms with Gasteiger partial charge in [0.15, 0.2) is 0 Å². The van der Waals surface area contributed by atoms with Gasteiger partial charge in [0.1, 0.15) is 23.1 Å². The van der Waals surface area contributed by atoms with Crippen LogP contribution in [0.5, 0.6) is 11.5 Å². The van der Waals surface area contributed by atoms with E-state index in [0.29, 0.717) is 32.2 Å². The number of anilines is 1. The average Bonchev–Trinajstić information content (AvgIpc) is 2.35. The van der Waals surface area contributed by atoms with E-state index in [9.17, 15) is 0 Å². The van der Waals surface area contributed by atoms with Crippen LogP contribution in [0.15, 0.2) is 40.9 Å². The Balaban J connectivity index is 2.44. The Bertz CT molecular complexity index is 637. The minimum absolute atomic E-state index is 0.300. The van der Waals surface area contributed by atoms with Gasteiger partial charge in [-0.25, -0.2) is 0 Å². The molecule has 0 aromatic heterocycles. The van der Waals surface area contributed by atoms with E-state index in [1.54, 1.807) is 36.4 Å². The zero-order chi connectivity index (χ0) is 13.1. The van der Waals surface area contributed by atoms with E-state index in [4.69, 9.17) is 27.3 Å². The third-order valence-electron chi connectivity index (χ3n) is 2.30. The summed E-state index contributed by atoms with van der Waals surface area (Å²) in [6.45, 7) is 0. The highest BCUT2D eigenvalue weighted by Gasteiger charge is 2.11. The first-order valence-electron chi connectivity index (χ1n) is 5.04. The average molecular weight is 324 g/mol. The molecule has 0 atom stereocenters. The minimum atomic E-state index is 0.300. The molecule has 0 aliphatic heterocycles. The van der Waals surface area contributed by atoms with Gasteiger partial charge in [-0.15, -0.1) is 0 Å². The van der Waals surface area contributed by atoms with Crippen molar-refractivity contribution in [1.29, 1.82) is 5.26 Å². The topological polar surface area (TPSA) is 59.0 Å². The van der Waals surface area contributed by atoms with Crippen molar-refractivity contribution in [3.63, 3.8) is 0 Å². The largest absolute Gasteiger partial charge is 0.455 e. The molecule has 2 N–H and O–H groups in total. The van der Waals surface area contributed by atoms with Gasteiger partial charge in [-0.1, -0.05) is 23.7 Å². The van der Waals surface area contributed by atoms with Crippen LogP contribution >= 0.6 is 27.5 Å². The molecule has 5 heteroatoms. The third kappa shape index (κ3) is 2.42. The van der Waals surface area contributed by atoms with Gasteiger partial charge in [0.05, 0.1) is 9.50 Å². The summed E-state index contributed by atoms with van der Waals surface area (Å²) in [5.41, 5.74) is 6.62. The maximum atomic E-state index is 9.05. The van der Waals surface area contributed by atoms with Gasteiger partial charge in [0.2, 0.25) is 0 Å². The number of nitrogens with two attached hydrogens (primary N) is 1. The molecule has 0 spiro atoms. The number of hydrogen-bond acceptors (Lipinski definition) is 3. The molecule has 0 unspecified atom stereocenters. The van der Waals surface area contributed by atoms with Gasteiger partial charge in [0, 0.05) is 5.69 Å². The van der Waals surface area contributed by atoms with Crippen LogP contribution in [0.4, 0.5) is 5.69 Å². The lowest BCUT2D eigenvalue weighted by molar-refractivity contribution is 0.478. The number of nitrogens with zero attached hydrogens (tertiary/aromatic N) is 1. The Hall–Kier alpha value is -1.70. The highest BCUT2D eigenvalue weighted by atomic mass is 79.9. The highest BCUT2D eigenvalue weighted by Crippen LogP contribution is 2.36. The van der Waals surface area contributed by atoms with Crippen molar-refractivity contribution in [2.24, 2.45) is 0 Å². The lowest BCUT2D eigenvalue weighted by atomic mass is 10.2. The molecule has 0 saturated heterocycles. The van der Waals surface area contributed by atoms with Crippen LogP contribution in [-0.4, -0.2) is 0 Å². The zero-order valence-electron chi connectivity index (χ0n) is 9.15. The number of nitrogen functional groups attached to an aromatic ring is 1. The molecule has 18 heavy (non-hydrogen) atoms. The fourth-order valence-corrected chi connectivity index (χ4v) is 1.98. The van der Waals surface area contributed by atoms with E-state index in [1.807, 2.05) is 6.07 Å². The monoisotopic (exact) mass is 322 g/mol. The van der Waals surface area contributed by atoms with Crippen LogP contribution < -0.4 is 10.5 Å². The SMILES string of the molecule is N#Cc1c(Cl)cccc1Oc1cccc(N)c1Br. The molecule has 0 aliphatic rings. The standard InChI is InChI=1S/C13H8BrClN2O/c14-13-10(17)4-2-6-12(13)18-11-5-1-3-9(15)8(11)7-16/h1-6H,17H2. The van der Waals surface area contributed by atoms with Crippen molar-refractivity contribution in [1.82, 2.24) is 0 Å². The van der Waals surface area contributed by atoms with Crippen molar-refractivity contribution < 1.29 is 4.74 Å². The predicted octanol–water partition coefficient (Wildman–Crippen LogP) is 4.35. The van der Waals surface area contributed by atoms with Gasteiger partial charge in [-0.2, -0.15) is 5.26 Å². The lowest BCUT2D eigenvalue weighted by Gasteiger charge is -2.10. The quantitative estimate of drug-likeness (QED) is 0.836. The summed E-state index contributed by atoms with van der Waals surface area (Å²) in [7, 11) is 0. The van der Waals surface area contributed by atoms with Crippen molar-refractivity contribution in [2.75, 3.05) is 5.73 Å². The number of benzene rings is 2. The molecule has 2 aromatic rings. The summed E-state index contributed by atoms with van der Waals surface area (Å²) in [5, 5.41) is 9.41. The molecular formula is C13H8BrClN2O. The van der Waals surface area contributed by atoms with E-state index < -0.39 is 0 Å². The normalized spacial score (nSPS) is 9.83. The second-order valence-electron chi connectivity index (χ2n) is 3.49. The molecule has 3 nitrogen and oxygen atoms in total. The second kappa shape index (κ2) is 5.30. The van der Waals surface area contributed by atoms with Gasteiger partial charge < -0.3 is 10.5 Å². The Morgan fingerprint density at radius 1 is 1.17 bits per heavy atom. The fourth-order valence-electron chi connectivity index (χ4n) is 1.42. The van der Waals surface area contributed by atoms with E-state index in [2.05, 4.69) is 15.9 Å². The first-order chi connectivity index (χ1) is 8.63. The summed E-state index contributed by atoms with van der Waals surface area (Å²) in [5.74, 6) is 0.935. The number of nitriles is 1.